The molecule has 122 valence electrons. The summed E-state index contributed by atoms with van der Waals surface area (Å²) in [5.74, 6) is 0.711. The molecule has 1 saturated carbocycles. The Hall–Kier alpha value is -1.06. The second kappa shape index (κ2) is 7.98. The first-order valence-corrected chi connectivity index (χ1v) is 8.36. The Morgan fingerprint density at radius 3 is 2.50 bits per heavy atom. The highest BCUT2D eigenvalue weighted by Gasteiger charge is 2.21. The minimum atomic E-state index is 0. The summed E-state index contributed by atoms with van der Waals surface area (Å²) in [4.78, 5) is 12.4. The summed E-state index contributed by atoms with van der Waals surface area (Å²) in [6, 6.07) is 6.61. The van der Waals surface area contributed by atoms with Crippen molar-refractivity contribution in [2.75, 3.05) is 13.1 Å². The molecule has 0 bridgehead atoms. The summed E-state index contributed by atoms with van der Waals surface area (Å²) < 4.78 is 0. The van der Waals surface area contributed by atoms with E-state index in [-0.39, 0.29) is 18.3 Å². The van der Waals surface area contributed by atoms with Crippen molar-refractivity contribution in [1.29, 1.82) is 0 Å². The van der Waals surface area contributed by atoms with Crippen LogP contribution < -0.4 is 10.6 Å². The summed E-state index contributed by atoms with van der Waals surface area (Å²) in [6.07, 6.45) is 7.12. The van der Waals surface area contributed by atoms with Crippen LogP contribution in [0.5, 0.6) is 0 Å². The quantitative estimate of drug-likeness (QED) is 0.893. The fourth-order valence-corrected chi connectivity index (χ4v) is 3.69. The van der Waals surface area contributed by atoms with Crippen molar-refractivity contribution in [3.8, 4) is 0 Å². The van der Waals surface area contributed by atoms with Crippen molar-refractivity contribution < 1.29 is 4.79 Å². The minimum absolute atomic E-state index is 0. The third kappa shape index (κ3) is 4.02. The van der Waals surface area contributed by atoms with Gasteiger partial charge in [-0.2, -0.15) is 0 Å². The summed E-state index contributed by atoms with van der Waals surface area (Å²) >= 11 is 0. The lowest BCUT2D eigenvalue weighted by molar-refractivity contribution is 0.0937. The highest BCUT2D eigenvalue weighted by Crippen LogP contribution is 2.29. The van der Waals surface area contributed by atoms with Crippen LogP contribution in [0.1, 0.15) is 65.9 Å². The fourth-order valence-electron chi connectivity index (χ4n) is 3.69. The van der Waals surface area contributed by atoms with E-state index in [1.165, 1.54) is 36.8 Å². The molecule has 2 aliphatic rings. The molecule has 0 aromatic heterocycles. The van der Waals surface area contributed by atoms with Crippen molar-refractivity contribution in [3.63, 3.8) is 0 Å². The maximum Gasteiger partial charge on any atom is 0.251 e. The second-order valence-electron chi connectivity index (χ2n) is 6.55. The average Bonchev–Trinajstić information content (AvgIpc) is 3.01. The van der Waals surface area contributed by atoms with Gasteiger partial charge in [0.2, 0.25) is 0 Å². The van der Waals surface area contributed by atoms with Crippen LogP contribution in [-0.2, 0) is 0 Å². The van der Waals surface area contributed by atoms with Gasteiger partial charge in [-0.1, -0.05) is 18.9 Å². The lowest BCUT2D eigenvalue weighted by Gasteiger charge is -2.25. The minimum Gasteiger partial charge on any atom is -0.349 e. The number of hydrogen-bond donors (Lipinski definition) is 2. The predicted octanol–water partition coefficient (Wildman–Crippen LogP) is 3.56. The summed E-state index contributed by atoms with van der Waals surface area (Å²) in [6.45, 7) is 4.33. The highest BCUT2D eigenvalue weighted by molar-refractivity contribution is 5.94. The number of rotatable bonds is 3. The number of amides is 1. The van der Waals surface area contributed by atoms with E-state index in [4.69, 9.17) is 0 Å². The zero-order chi connectivity index (χ0) is 14.7. The first-order chi connectivity index (χ1) is 10.2. The van der Waals surface area contributed by atoms with Gasteiger partial charge in [0.25, 0.3) is 5.91 Å². The number of halogens is 1. The molecule has 1 aliphatic carbocycles. The second-order valence-corrected chi connectivity index (χ2v) is 6.55. The first kappa shape index (κ1) is 17.3. The molecule has 0 radical (unpaired) electrons. The Bertz CT molecular complexity index is 506. The molecular weight excluding hydrogens is 296 g/mol. The van der Waals surface area contributed by atoms with E-state index in [0.717, 1.165) is 31.5 Å². The van der Waals surface area contributed by atoms with Crippen LogP contribution in [-0.4, -0.2) is 25.0 Å². The first-order valence-electron chi connectivity index (χ1n) is 8.36. The van der Waals surface area contributed by atoms with Gasteiger partial charge in [-0.3, -0.25) is 4.79 Å². The highest BCUT2D eigenvalue weighted by atomic mass is 35.5. The van der Waals surface area contributed by atoms with E-state index in [0.29, 0.717) is 12.0 Å². The standard InChI is InChI=1S/C18H26N2O.ClH/c1-13-6-7-15(18(21)20-16-4-2-3-5-16)12-17(13)14-8-10-19-11-9-14;/h6-7,12,14,16,19H,2-5,8-11H2,1H3,(H,20,21);1H. The zero-order valence-corrected chi connectivity index (χ0v) is 14.2. The van der Waals surface area contributed by atoms with Crippen LogP contribution in [0.25, 0.3) is 0 Å². The number of hydrogen-bond acceptors (Lipinski definition) is 2. The Kier molecular flexibility index (Phi) is 6.27. The maximum absolute atomic E-state index is 12.4. The van der Waals surface area contributed by atoms with E-state index in [2.05, 4.69) is 29.7 Å². The lowest BCUT2D eigenvalue weighted by Crippen LogP contribution is -2.32. The molecule has 3 nitrogen and oxygen atoms in total. The van der Waals surface area contributed by atoms with Gasteiger partial charge in [0.1, 0.15) is 0 Å². The molecule has 0 atom stereocenters. The van der Waals surface area contributed by atoms with Gasteiger partial charge in [-0.25, -0.2) is 0 Å². The molecule has 2 fully saturated rings. The molecule has 1 amide bonds. The normalized spacial score (nSPS) is 19.7. The molecule has 3 rings (SSSR count). The fraction of sp³-hybridized carbons (Fsp3) is 0.611. The predicted molar refractivity (Wildman–Crippen MR) is 93.0 cm³/mol. The average molecular weight is 323 g/mol. The van der Waals surface area contributed by atoms with Crippen LogP contribution in [0.4, 0.5) is 0 Å². The SMILES string of the molecule is Cc1ccc(C(=O)NC2CCCC2)cc1C1CCNCC1.Cl. The summed E-state index contributed by atoms with van der Waals surface area (Å²) in [5, 5.41) is 6.60. The third-order valence-electron chi connectivity index (χ3n) is 5.01. The molecule has 0 unspecified atom stereocenters. The zero-order valence-electron chi connectivity index (χ0n) is 13.4. The number of carbonyl (C=O) groups excluding carboxylic acids is 1. The smallest absolute Gasteiger partial charge is 0.251 e. The molecule has 1 heterocycles. The molecule has 1 saturated heterocycles. The molecule has 0 spiro atoms. The van der Waals surface area contributed by atoms with Crippen LogP contribution in [0.3, 0.4) is 0 Å². The van der Waals surface area contributed by atoms with Crippen LogP contribution in [0.2, 0.25) is 0 Å². The number of piperidine rings is 1. The summed E-state index contributed by atoms with van der Waals surface area (Å²) in [7, 11) is 0. The van der Waals surface area contributed by atoms with Gasteiger partial charge in [-0.15, -0.1) is 12.4 Å². The van der Waals surface area contributed by atoms with Crippen molar-refractivity contribution >= 4 is 18.3 Å². The molecule has 1 aliphatic heterocycles. The number of aryl methyl sites for hydroxylation is 1. The van der Waals surface area contributed by atoms with Gasteiger partial charge in [0.05, 0.1) is 0 Å². The van der Waals surface area contributed by atoms with E-state index in [1.54, 1.807) is 0 Å². The Labute approximate surface area is 139 Å². The van der Waals surface area contributed by atoms with Crippen LogP contribution in [0.15, 0.2) is 18.2 Å². The van der Waals surface area contributed by atoms with E-state index < -0.39 is 0 Å². The van der Waals surface area contributed by atoms with E-state index in [9.17, 15) is 4.79 Å². The Morgan fingerprint density at radius 2 is 1.82 bits per heavy atom. The van der Waals surface area contributed by atoms with Crippen LogP contribution in [0, 0.1) is 6.92 Å². The van der Waals surface area contributed by atoms with Crippen LogP contribution >= 0.6 is 12.4 Å². The Balaban J connectivity index is 0.00000176. The topological polar surface area (TPSA) is 41.1 Å². The third-order valence-corrected chi connectivity index (χ3v) is 5.01. The van der Waals surface area contributed by atoms with E-state index >= 15 is 0 Å². The monoisotopic (exact) mass is 322 g/mol. The Morgan fingerprint density at radius 1 is 1.14 bits per heavy atom. The summed E-state index contributed by atoms with van der Waals surface area (Å²) in [5.41, 5.74) is 3.52. The lowest BCUT2D eigenvalue weighted by atomic mass is 9.86. The number of carbonyl (C=O) groups is 1. The molecule has 4 heteroatoms. The maximum atomic E-state index is 12.4. The van der Waals surface area contributed by atoms with E-state index in [1.807, 2.05) is 6.07 Å². The van der Waals surface area contributed by atoms with Gasteiger partial charge in [0, 0.05) is 11.6 Å². The molecule has 1 aromatic rings. The largest absolute Gasteiger partial charge is 0.349 e. The number of benzene rings is 1. The molecular formula is C18H27ClN2O. The molecule has 1 aromatic carbocycles. The molecule has 2 N–H and O–H groups in total. The van der Waals surface area contributed by atoms with Crippen molar-refractivity contribution in [3.05, 3.63) is 34.9 Å². The van der Waals surface area contributed by atoms with Gasteiger partial charge in [-0.05, 0) is 74.9 Å². The van der Waals surface area contributed by atoms with Gasteiger partial charge >= 0.3 is 0 Å². The van der Waals surface area contributed by atoms with Gasteiger partial charge < -0.3 is 10.6 Å². The van der Waals surface area contributed by atoms with Crippen molar-refractivity contribution in [2.45, 2.75) is 57.4 Å². The van der Waals surface area contributed by atoms with Crippen molar-refractivity contribution in [1.82, 2.24) is 10.6 Å². The van der Waals surface area contributed by atoms with Gasteiger partial charge in [0.15, 0.2) is 0 Å². The number of nitrogens with one attached hydrogen (secondary N) is 2. The van der Waals surface area contributed by atoms with Crippen molar-refractivity contribution in [2.24, 2.45) is 0 Å². The molecule has 22 heavy (non-hydrogen) atoms.